The number of esters is 1. The van der Waals surface area contributed by atoms with Gasteiger partial charge in [0.15, 0.2) is 5.78 Å². The largest absolute Gasteiger partial charge is 0.455 e. The first-order valence-corrected chi connectivity index (χ1v) is 11.7. The van der Waals surface area contributed by atoms with Crippen LogP contribution < -0.4 is 4.74 Å². The molecule has 0 amide bonds. The maximum atomic E-state index is 12.9. The van der Waals surface area contributed by atoms with Crippen molar-refractivity contribution in [1.29, 1.82) is 0 Å². The highest BCUT2D eigenvalue weighted by Crippen LogP contribution is 2.29. The molecule has 1 unspecified atom stereocenters. The fourth-order valence-electron chi connectivity index (χ4n) is 4.32. The summed E-state index contributed by atoms with van der Waals surface area (Å²) in [6.07, 6.45) is 1.06. The zero-order valence-electron chi connectivity index (χ0n) is 20.1. The Morgan fingerprint density at radius 1 is 0.794 bits per heavy atom. The average Bonchev–Trinajstić information content (AvgIpc) is 2.82. The van der Waals surface area contributed by atoms with Crippen LogP contribution in [-0.4, -0.2) is 18.0 Å². The number of fused-ring (bicyclic) bond motifs is 2. The van der Waals surface area contributed by atoms with Crippen LogP contribution in [-0.2, 0) is 4.74 Å². The van der Waals surface area contributed by atoms with Crippen molar-refractivity contribution < 1.29 is 19.1 Å². The first kappa shape index (κ1) is 23.5. The maximum Gasteiger partial charge on any atom is 0.341 e. The monoisotopic (exact) mass is 454 g/mol. The van der Waals surface area contributed by atoms with Crippen LogP contribution in [0.5, 0.6) is 5.75 Å². The summed E-state index contributed by atoms with van der Waals surface area (Å²) in [6, 6.07) is 24.8. The van der Waals surface area contributed by atoms with Crippen LogP contribution in [0.15, 0.2) is 78.9 Å². The number of hydrogen-bond donors (Lipinski definition) is 0. The van der Waals surface area contributed by atoms with Gasteiger partial charge in [-0.1, -0.05) is 75.7 Å². The van der Waals surface area contributed by atoms with Gasteiger partial charge in [0.1, 0.15) is 5.75 Å². The number of carbonyl (C=O) groups is 2. The van der Waals surface area contributed by atoms with E-state index < -0.39 is 17.7 Å². The van der Waals surface area contributed by atoms with Crippen molar-refractivity contribution in [3.63, 3.8) is 0 Å². The SMILES string of the molecule is CCCC(C)(C)C(=O)c1ccc2cc(C(=O)OC(C)Oc3ccc4ccccc4c3)ccc2c1. The van der Waals surface area contributed by atoms with E-state index in [1.807, 2.05) is 80.6 Å². The molecule has 1 atom stereocenters. The van der Waals surface area contributed by atoms with Crippen LogP contribution in [0.25, 0.3) is 21.5 Å². The molecule has 0 radical (unpaired) electrons. The molecule has 0 spiro atoms. The van der Waals surface area contributed by atoms with Crippen LogP contribution in [0.2, 0.25) is 0 Å². The molecule has 0 bridgehead atoms. The molecule has 0 aromatic heterocycles. The average molecular weight is 455 g/mol. The molecule has 0 aliphatic rings. The number of ketones is 1. The predicted molar refractivity (Wildman–Crippen MR) is 136 cm³/mol. The fraction of sp³-hybridized carbons (Fsp3) is 0.267. The van der Waals surface area contributed by atoms with E-state index in [9.17, 15) is 9.59 Å². The Kier molecular flexibility index (Phi) is 6.69. The highest BCUT2D eigenvalue weighted by Gasteiger charge is 2.27. The van der Waals surface area contributed by atoms with Gasteiger partial charge in [-0.05, 0) is 58.3 Å². The lowest BCUT2D eigenvalue weighted by atomic mass is 9.80. The Labute approximate surface area is 200 Å². The lowest BCUT2D eigenvalue weighted by Gasteiger charge is -2.22. The van der Waals surface area contributed by atoms with Gasteiger partial charge in [0.25, 0.3) is 0 Å². The zero-order chi connectivity index (χ0) is 24.3. The number of benzene rings is 4. The molecule has 4 aromatic rings. The number of ether oxygens (including phenoxy) is 2. The molecule has 0 aliphatic heterocycles. The number of rotatable bonds is 8. The van der Waals surface area contributed by atoms with Crippen molar-refractivity contribution in [1.82, 2.24) is 0 Å². The van der Waals surface area contributed by atoms with Gasteiger partial charge < -0.3 is 9.47 Å². The van der Waals surface area contributed by atoms with E-state index >= 15 is 0 Å². The van der Waals surface area contributed by atoms with Gasteiger partial charge >= 0.3 is 5.97 Å². The lowest BCUT2D eigenvalue weighted by Crippen LogP contribution is -2.24. The van der Waals surface area contributed by atoms with Gasteiger partial charge in [-0.25, -0.2) is 4.79 Å². The summed E-state index contributed by atoms with van der Waals surface area (Å²) in [5.41, 5.74) is 0.735. The molecule has 4 rings (SSSR count). The van der Waals surface area contributed by atoms with Crippen molar-refractivity contribution in [3.8, 4) is 5.75 Å². The van der Waals surface area contributed by atoms with Gasteiger partial charge in [-0.2, -0.15) is 0 Å². The Morgan fingerprint density at radius 2 is 1.38 bits per heavy atom. The smallest absolute Gasteiger partial charge is 0.341 e. The van der Waals surface area contributed by atoms with Crippen LogP contribution in [0.1, 0.15) is 61.3 Å². The van der Waals surface area contributed by atoms with Crippen LogP contribution in [0.4, 0.5) is 0 Å². The van der Waals surface area contributed by atoms with E-state index in [1.54, 1.807) is 19.1 Å². The Balaban J connectivity index is 1.46. The summed E-state index contributed by atoms with van der Waals surface area (Å²) >= 11 is 0. The van der Waals surface area contributed by atoms with E-state index in [-0.39, 0.29) is 5.78 Å². The van der Waals surface area contributed by atoms with Gasteiger partial charge in [0.2, 0.25) is 6.29 Å². The molecule has 4 heteroatoms. The molecule has 0 heterocycles. The van der Waals surface area contributed by atoms with E-state index in [1.165, 1.54) is 0 Å². The molecule has 0 N–H and O–H groups in total. The van der Waals surface area contributed by atoms with Crippen LogP contribution in [0, 0.1) is 5.41 Å². The van der Waals surface area contributed by atoms with E-state index in [0.717, 1.165) is 34.4 Å². The molecule has 4 nitrogen and oxygen atoms in total. The van der Waals surface area contributed by atoms with Crippen molar-refractivity contribution in [2.24, 2.45) is 5.41 Å². The molecule has 34 heavy (non-hydrogen) atoms. The summed E-state index contributed by atoms with van der Waals surface area (Å²) < 4.78 is 11.3. The third kappa shape index (κ3) is 5.12. The lowest BCUT2D eigenvalue weighted by molar-refractivity contribution is -0.0371. The third-order valence-electron chi connectivity index (χ3n) is 6.12. The molecular weight excluding hydrogens is 424 g/mol. The Bertz CT molecular complexity index is 1350. The van der Waals surface area contributed by atoms with Gasteiger partial charge in [0, 0.05) is 17.9 Å². The minimum Gasteiger partial charge on any atom is -0.455 e. The summed E-state index contributed by atoms with van der Waals surface area (Å²) in [6.45, 7) is 7.76. The Morgan fingerprint density at radius 3 is 2.09 bits per heavy atom. The minimum absolute atomic E-state index is 0.138. The molecule has 174 valence electrons. The van der Waals surface area contributed by atoms with E-state index in [2.05, 4.69) is 6.92 Å². The van der Waals surface area contributed by atoms with Gasteiger partial charge in [-0.3, -0.25) is 4.79 Å². The number of hydrogen-bond acceptors (Lipinski definition) is 4. The fourth-order valence-corrected chi connectivity index (χ4v) is 4.32. The van der Waals surface area contributed by atoms with E-state index in [0.29, 0.717) is 16.9 Å². The van der Waals surface area contributed by atoms with Crippen molar-refractivity contribution in [2.75, 3.05) is 0 Å². The third-order valence-corrected chi connectivity index (χ3v) is 6.12. The second-order valence-corrected chi connectivity index (χ2v) is 9.34. The molecular formula is C30H30O4. The molecule has 4 aromatic carbocycles. The molecule has 0 saturated carbocycles. The topological polar surface area (TPSA) is 52.6 Å². The number of Topliss-reactive ketones (excluding diaryl/α,β-unsaturated/α-hetero) is 1. The zero-order valence-corrected chi connectivity index (χ0v) is 20.1. The van der Waals surface area contributed by atoms with E-state index in [4.69, 9.17) is 9.47 Å². The minimum atomic E-state index is -0.745. The number of carbonyl (C=O) groups excluding carboxylic acids is 2. The first-order chi connectivity index (χ1) is 16.3. The highest BCUT2D eigenvalue weighted by molar-refractivity contribution is 6.04. The van der Waals surface area contributed by atoms with Crippen molar-refractivity contribution in [3.05, 3.63) is 90.0 Å². The second kappa shape index (κ2) is 9.68. The normalized spacial score (nSPS) is 12.5. The summed E-state index contributed by atoms with van der Waals surface area (Å²) in [4.78, 5) is 25.7. The predicted octanol–water partition coefficient (Wildman–Crippen LogP) is 7.58. The van der Waals surface area contributed by atoms with Gasteiger partial charge in [-0.15, -0.1) is 0 Å². The van der Waals surface area contributed by atoms with Crippen LogP contribution >= 0.6 is 0 Å². The molecule has 0 aliphatic carbocycles. The van der Waals surface area contributed by atoms with Crippen molar-refractivity contribution >= 4 is 33.3 Å². The first-order valence-electron chi connectivity index (χ1n) is 11.7. The second-order valence-electron chi connectivity index (χ2n) is 9.34. The standard InChI is InChI=1S/C30H30O4/c1-5-16-30(3,4)28(31)25-12-10-24-18-26(13-11-23(24)17-25)29(32)34-20(2)33-27-15-14-21-8-6-7-9-22(21)19-27/h6-15,17-20H,5,16H2,1-4H3. The van der Waals surface area contributed by atoms with Crippen molar-refractivity contribution in [2.45, 2.75) is 46.8 Å². The maximum absolute atomic E-state index is 12.9. The molecule has 0 saturated heterocycles. The molecule has 0 fully saturated rings. The van der Waals surface area contributed by atoms with Crippen LogP contribution in [0.3, 0.4) is 0 Å². The summed E-state index contributed by atoms with van der Waals surface area (Å²) in [5, 5.41) is 3.97. The van der Waals surface area contributed by atoms with Gasteiger partial charge in [0.05, 0.1) is 5.56 Å². The summed E-state index contributed by atoms with van der Waals surface area (Å²) in [7, 11) is 0. The Hall–Kier alpha value is -3.66. The summed E-state index contributed by atoms with van der Waals surface area (Å²) in [5.74, 6) is 0.319. The quantitative estimate of drug-likeness (QED) is 0.156. The highest BCUT2D eigenvalue weighted by atomic mass is 16.7.